The van der Waals surface area contributed by atoms with Crippen molar-refractivity contribution in [2.45, 2.75) is 31.7 Å². The second-order valence-electron chi connectivity index (χ2n) is 3.39. The standard InChI is InChI=1S/C6H11N/c1-5-2-3-6(5,7)4-5/h2-4,7H2,1H3. The zero-order valence-corrected chi connectivity index (χ0v) is 4.70. The number of hydrogen-bond acceptors (Lipinski definition) is 1. The van der Waals surface area contributed by atoms with E-state index < -0.39 is 0 Å². The summed E-state index contributed by atoms with van der Waals surface area (Å²) >= 11 is 0. The quantitative estimate of drug-likeness (QED) is 0.477. The fraction of sp³-hybridized carbons (Fsp3) is 1.00. The molecule has 7 heavy (non-hydrogen) atoms. The summed E-state index contributed by atoms with van der Waals surface area (Å²) in [5, 5.41) is 0. The van der Waals surface area contributed by atoms with E-state index in [0.717, 1.165) is 0 Å². The largest absolute Gasteiger partial charge is 0.325 e. The molecule has 2 aliphatic rings. The maximum atomic E-state index is 5.83. The lowest BCUT2D eigenvalue weighted by Gasteiger charge is -2.28. The SMILES string of the molecule is CC12CCC1(N)C2. The fourth-order valence-electron chi connectivity index (χ4n) is 1.70. The molecule has 0 aromatic carbocycles. The van der Waals surface area contributed by atoms with E-state index in [4.69, 9.17) is 5.73 Å². The minimum absolute atomic E-state index is 0.326. The molecule has 2 aliphatic carbocycles. The summed E-state index contributed by atoms with van der Waals surface area (Å²) < 4.78 is 0. The van der Waals surface area contributed by atoms with Crippen LogP contribution in [0.3, 0.4) is 0 Å². The van der Waals surface area contributed by atoms with E-state index in [-0.39, 0.29) is 0 Å². The molecule has 2 unspecified atom stereocenters. The number of fused-ring (bicyclic) bond motifs is 1. The van der Waals surface area contributed by atoms with Gasteiger partial charge in [0.05, 0.1) is 0 Å². The van der Waals surface area contributed by atoms with Gasteiger partial charge >= 0.3 is 0 Å². The first-order valence-corrected chi connectivity index (χ1v) is 2.95. The predicted octanol–water partition coefficient (Wildman–Crippen LogP) is 0.888. The van der Waals surface area contributed by atoms with E-state index in [9.17, 15) is 0 Å². The Morgan fingerprint density at radius 1 is 1.43 bits per heavy atom. The van der Waals surface area contributed by atoms with Crippen molar-refractivity contribution < 1.29 is 0 Å². The van der Waals surface area contributed by atoms with Gasteiger partial charge in [-0.2, -0.15) is 0 Å². The lowest BCUT2D eigenvalue weighted by molar-refractivity contribution is 0.280. The van der Waals surface area contributed by atoms with E-state index in [1.165, 1.54) is 19.3 Å². The minimum atomic E-state index is 0.326. The highest BCUT2D eigenvalue weighted by Crippen LogP contribution is 2.68. The van der Waals surface area contributed by atoms with E-state index in [0.29, 0.717) is 11.0 Å². The summed E-state index contributed by atoms with van der Waals surface area (Å²) in [5.74, 6) is 0. The van der Waals surface area contributed by atoms with Crippen LogP contribution >= 0.6 is 0 Å². The Morgan fingerprint density at radius 2 is 2.00 bits per heavy atom. The first-order chi connectivity index (χ1) is 3.16. The molecule has 1 nitrogen and oxygen atoms in total. The lowest BCUT2D eigenvalue weighted by Crippen LogP contribution is -2.37. The van der Waals surface area contributed by atoms with E-state index >= 15 is 0 Å². The molecule has 0 radical (unpaired) electrons. The molecule has 2 atom stereocenters. The molecule has 0 aromatic rings. The third kappa shape index (κ3) is 0.235. The Hall–Kier alpha value is -0.0400. The van der Waals surface area contributed by atoms with Crippen molar-refractivity contribution in [3.8, 4) is 0 Å². The minimum Gasteiger partial charge on any atom is -0.325 e. The maximum Gasteiger partial charge on any atom is 0.0215 e. The number of hydrogen-bond donors (Lipinski definition) is 1. The van der Waals surface area contributed by atoms with Gasteiger partial charge in [-0.25, -0.2) is 0 Å². The zero-order valence-electron chi connectivity index (χ0n) is 4.70. The van der Waals surface area contributed by atoms with Crippen LogP contribution in [0.5, 0.6) is 0 Å². The molecule has 2 N–H and O–H groups in total. The third-order valence-corrected chi connectivity index (χ3v) is 2.91. The second-order valence-corrected chi connectivity index (χ2v) is 3.39. The summed E-state index contributed by atoms with van der Waals surface area (Å²) in [5.41, 5.74) is 6.76. The Bertz CT molecular complexity index is 107. The molecule has 0 spiro atoms. The molecule has 40 valence electrons. The fourth-order valence-corrected chi connectivity index (χ4v) is 1.70. The molecule has 1 heteroatoms. The molecule has 0 amide bonds. The van der Waals surface area contributed by atoms with Crippen molar-refractivity contribution in [2.24, 2.45) is 11.1 Å². The van der Waals surface area contributed by atoms with Crippen LogP contribution in [-0.2, 0) is 0 Å². The first kappa shape index (κ1) is 3.90. The van der Waals surface area contributed by atoms with Crippen LogP contribution < -0.4 is 5.73 Å². The van der Waals surface area contributed by atoms with E-state index in [2.05, 4.69) is 6.92 Å². The van der Waals surface area contributed by atoms with Crippen LogP contribution in [0.25, 0.3) is 0 Å². The Labute approximate surface area is 43.9 Å². The lowest BCUT2D eigenvalue weighted by atomic mass is 9.82. The zero-order chi connectivity index (χ0) is 5.12. The Balaban J connectivity index is 2.26. The summed E-state index contributed by atoms with van der Waals surface area (Å²) in [6, 6.07) is 0. The summed E-state index contributed by atoms with van der Waals surface area (Å²) in [6.07, 6.45) is 3.95. The molecule has 2 rings (SSSR count). The average molecular weight is 97.2 g/mol. The van der Waals surface area contributed by atoms with Crippen LogP contribution in [0.1, 0.15) is 26.2 Å². The van der Waals surface area contributed by atoms with E-state index in [1.54, 1.807) is 0 Å². The molecule has 0 heterocycles. The first-order valence-electron chi connectivity index (χ1n) is 2.95. The topological polar surface area (TPSA) is 26.0 Å². The molecule has 0 saturated heterocycles. The molecule has 2 saturated carbocycles. The van der Waals surface area contributed by atoms with Crippen LogP contribution in [0, 0.1) is 5.41 Å². The van der Waals surface area contributed by atoms with Crippen LogP contribution in [0.15, 0.2) is 0 Å². The highest BCUT2D eigenvalue weighted by atomic mass is 15.0. The smallest absolute Gasteiger partial charge is 0.0215 e. The van der Waals surface area contributed by atoms with Gasteiger partial charge in [0.15, 0.2) is 0 Å². The molecule has 2 fully saturated rings. The van der Waals surface area contributed by atoms with Crippen molar-refractivity contribution in [3.63, 3.8) is 0 Å². The summed E-state index contributed by atoms with van der Waals surface area (Å²) in [6.45, 7) is 2.29. The van der Waals surface area contributed by atoms with Crippen LogP contribution in [-0.4, -0.2) is 5.54 Å². The van der Waals surface area contributed by atoms with Crippen molar-refractivity contribution in [3.05, 3.63) is 0 Å². The summed E-state index contributed by atoms with van der Waals surface area (Å²) in [7, 11) is 0. The molecule has 0 bridgehead atoms. The van der Waals surface area contributed by atoms with Gasteiger partial charge in [-0.3, -0.25) is 0 Å². The van der Waals surface area contributed by atoms with Crippen LogP contribution in [0.2, 0.25) is 0 Å². The number of rotatable bonds is 0. The second kappa shape index (κ2) is 0.655. The van der Waals surface area contributed by atoms with Gasteiger partial charge in [0, 0.05) is 5.54 Å². The molecule has 0 aromatic heterocycles. The monoisotopic (exact) mass is 97.1 g/mol. The van der Waals surface area contributed by atoms with Crippen molar-refractivity contribution in [1.29, 1.82) is 0 Å². The predicted molar refractivity (Wildman–Crippen MR) is 28.9 cm³/mol. The highest BCUT2D eigenvalue weighted by Gasteiger charge is 2.68. The normalized spacial score (nSPS) is 66.0. The highest BCUT2D eigenvalue weighted by molar-refractivity contribution is 5.25. The third-order valence-electron chi connectivity index (χ3n) is 2.91. The van der Waals surface area contributed by atoms with Gasteiger partial charge < -0.3 is 5.73 Å². The average Bonchev–Trinajstić information content (AvgIpc) is 1.89. The van der Waals surface area contributed by atoms with Gasteiger partial charge in [0.25, 0.3) is 0 Å². The van der Waals surface area contributed by atoms with Gasteiger partial charge in [0.1, 0.15) is 0 Å². The van der Waals surface area contributed by atoms with Crippen molar-refractivity contribution >= 4 is 0 Å². The molecular weight excluding hydrogens is 86.1 g/mol. The Kier molecular flexibility index (Phi) is 0.365. The van der Waals surface area contributed by atoms with Crippen molar-refractivity contribution in [1.82, 2.24) is 0 Å². The Morgan fingerprint density at radius 3 is 2.00 bits per heavy atom. The van der Waals surface area contributed by atoms with Gasteiger partial charge in [-0.1, -0.05) is 6.92 Å². The molecule has 0 aliphatic heterocycles. The van der Waals surface area contributed by atoms with Crippen LogP contribution in [0.4, 0.5) is 0 Å². The number of nitrogens with two attached hydrogens (primary N) is 1. The summed E-state index contributed by atoms with van der Waals surface area (Å²) in [4.78, 5) is 0. The van der Waals surface area contributed by atoms with Gasteiger partial charge in [-0.15, -0.1) is 0 Å². The van der Waals surface area contributed by atoms with Gasteiger partial charge in [0.2, 0.25) is 0 Å². The van der Waals surface area contributed by atoms with E-state index in [1.807, 2.05) is 0 Å². The van der Waals surface area contributed by atoms with Gasteiger partial charge in [-0.05, 0) is 24.7 Å². The maximum absolute atomic E-state index is 5.83. The van der Waals surface area contributed by atoms with Crippen molar-refractivity contribution in [2.75, 3.05) is 0 Å². The molecular formula is C6H11N.